The quantitative estimate of drug-likeness (QED) is 0.174. The van der Waals surface area contributed by atoms with Crippen molar-refractivity contribution in [3.63, 3.8) is 0 Å². The number of unbranched alkanes of at least 4 members (excludes halogenated alkanes) is 2. The molecule has 0 radical (unpaired) electrons. The van der Waals surface area contributed by atoms with Crippen molar-refractivity contribution in [3.8, 4) is 0 Å². The molecule has 0 aromatic carbocycles. The SMILES string of the molecule is O=C=NCCCCC(=CC(=O)O)C(=CC(=O)O)CCCCN=C=O. The van der Waals surface area contributed by atoms with E-state index in [0.29, 0.717) is 62.8 Å². The van der Waals surface area contributed by atoms with E-state index in [9.17, 15) is 19.2 Å². The third kappa shape index (κ3) is 11.8. The summed E-state index contributed by atoms with van der Waals surface area (Å²) in [6.45, 7) is 0.594. The van der Waals surface area contributed by atoms with Crippen LogP contribution in [0, 0.1) is 0 Å². The van der Waals surface area contributed by atoms with Crippen molar-refractivity contribution in [3.05, 3.63) is 23.3 Å². The molecular formula is C16H20N2O6. The van der Waals surface area contributed by atoms with Crippen LogP contribution in [0.2, 0.25) is 0 Å². The Kier molecular flexibility index (Phi) is 12.2. The topological polar surface area (TPSA) is 133 Å². The number of hydrogen-bond donors (Lipinski definition) is 2. The van der Waals surface area contributed by atoms with Crippen LogP contribution in [0.25, 0.3) is 0 Å². The lowest BCUT2D eigenvalue weighted by Gasteiger charge is -2.11. The number of allylic oxidation sites excluding steroid dienone is 2. The van der Waals surface area contributed by atoms with Gasteiger partial charge in [-0.15, -0.1) is 0 Å². The Morgan fingerprint density at radius 3 is 1.42 bits per heavy atom. The van der Waals surface area contributed by atoms with E-state index in [1.807, 2.05) is 0 Å². The number of carboxylic acids is 2. The van der Waals surface area contributed by atoms with Gasteiger partial charge in [-0.25, -0.2) is 29.2 Å². The van der Waals surface area contributed by atoms with E-state index in [1.54, 1.807) is 0 Å². The zero-order valence-electron chi connectivity index (χ0n) is 13.2. The third-order valence-electron chi connectivity index (χ3n) is 3.07. The Hall–Kier alpha value is -2.82. The molecule has 2 N–H and O–H groups in total. The summed E-state index contributed by atoms with van der Waals surface area (Å²) in [6.07, 6.45) is 7.85. The molecule has 0 aromatic rings. The molecule has 0 saturated heterocycles. The summed E-state index contributed by atoms with van der Waals surface area (Å²) >= 11 is 0. The van der Waals surface area contributed by atoms with E-state index in [0.717, 1.165) is 12.2 Å². The smallest absolute Gasteiger partial charge is 0.328 e. The fraction of sp³-hybridized carbons (Fsp3) is 0.500. The molecule has 0 unspecified atom stereocenters. The second-order valence-corrected chi connectivity index (χ2v) is 4.88. The van der Waals surface area contributed by atoms with Crippen LogP contribution in [0.1, 0.15) is 38.5 Å². The molecule has 0 amide bonds. The van der Waals surface area contributed by atoms with Gasteiger partial charge in [0, 0.05) is 12.2 Å². The predicted molar refractivity (Wildman–Crippen MR) is 85.1 cm³/mol. The number of carbonyl (C=O) groups excluding carboxylic acids is 2. The number of isocyanates is 2. The first-order chi connectivity index (χ1) is 11.5. The van der Waals surface area contributed by atoms with Gasteiger partial charge in [-0.2, -0.15) is 0 Å². The molecule has 0 aromatic heterocycles. The Morgan fingerprint density at radius 2 is 1.12 bits per heavy atom. The summed E-state index contributed by atoms with van der Waals surface area (Å²) in [7, 11) is 0. The van der Waals surface area contributed by atoms with Crippen LogP contribution >= 0.6 is 0 Å². The summed E-state index contributed by atoms with van der Waals surface area (Å²) < 4.78 is 0. The van der Waals surface area contributed by atoms with Gasteiger partial charge in [-0.3, -0.25) is 0 Å². The highest BCUT2D eigenvalue weighted by molar-refractivity contribution is 5.85. The molecule has 0 aliphatic rings. The van der Waals surface area contributed by atoms with E-state index >= 15 is 0 Å². The third-order valence-corrected chi connectivity index (χ3v) is 3.07. The van der Waals surface area contributed by atoms with Crippen molar-refractivity contribution in [1.82, 2.24) is 0 Å². The second kappa shape index (κ2) is 13.8. The highest BCUT2D eigenvalue weighted by atomic mass is 16.4. The highest BCUT2D eigenvalue weighted by Gasteiger charge is 2.10. The van der Waals surface area contributed by atoms with Gasteiger partial charge in [-0.05, 0) is 49.7 Å². The molecule has 0 atom stereocenters. The number of hydrogen-bond acceptors (Lipinski definition) is 6. The number of nitrogens with zero attached hydrogens (tertiary/aromatic N) is 2. The number of aliphatic imine (C=N–C) groups is 2. The molecule has 0 aliphatic heterocycles. The maximum absolute atomic E-state index is 11.0. The van der Waals surface area contributed by atoms with Crippen LogP contribution in [0.15, 0.2) is 33.3 Å². The number of aliphatic carboxylic acids is 2. The Labute approximate surface area is 139 Å². The van der Waals surface area contributed by atoms with Gasteiger partial charge in [0.25, 0.3) is 0 Å². The number of rotatable bonds is 13. The molecular weight excluding hydrogens is 316 g/mol. The van der Waals surface area contributed by atoms with Crippen molar-refractivity contribution in [2.45, 2.75) is 38.5 Å². The van der Waals surface area contributed by atoms with Crippen LogP contribution < -0.4 is 0 Å². The minimum Gasteiger partial charge on any atom is -0.478 e. The molecule has 8 heteroatoms. The highest BCUT2D eigenvalue weighted by Crippen LogP contribution is 2.22. The van der Waals surface area contributed by atoms with Crippen molar-refractivity contribution >= 4 is 24.1 Å². The van der Waals surface area contributed by atoms with Gasteiger partial charge in [-0.1, -0.05) is 0 Å². The van der Waals surface area contributed by atoms with Crippen LogP contribution in [0.4, 0.5) is 0 Å². The van der Waals surface area contributed by atoms with Crippen LogP contribution in [0.3, 0.4) is 0 Å². The van der Waals surface area contributed by atoms with E-state index in [-0.39, 0.29) is 0 Å². The number of carboxylic acid groups (broad SMARTS) is 2. The average molecular weight is 336 g/mol. The first-order valence-corrected chi connectivity index (χ1v) is 7.46. The summed E-state index contributed by atoms with van der Waals surface area (Å²) in [6, 6.07) is 0. The second-order valence-electron chi connectivity index (χ2n) is 4.88. The summed E-state index contributed by atoms with van der Waals surface area (Å²) in [5, 5.41) is 17.9. The lowest BCUT2D eigenvalue weighted by Crippen LogP contribution is -2.01. The van der Waals surface area contributed by atoms with Crippen molar-refractivity contribution in [2.75, 3.05) is 13.1 Å². The molecule has 8 nitrogen and oxygen atoms in total. The van der Waals surface area contributed by atoms with E-state index in [1.165, 1.54) is 12.2 Å². The van der Waals surface area contributed by atoms with Gasteiger partial charge >= 0.3 is 11.9 Å². The molecule has 130 valence electrons. The Morgan fingerprint density at radius 1 is 0.750 bits per heavy atom. The predicted octanol–water partition coefficient (Wildman–Crippen LogP) is 2.02. The first kappa shape index (κ1) is 21.2. The van der Waals surface area contributed by atoms with Crippen molar-refractivity contribution in [2.24, 2.45) is 9.98 Å². The maximum Gasteiger partial charge on any atom is 0.328 e. The molecule has 0 saturated carbocycles. The Balaban J connectivity index is 4.93. The summed E-state index contributed by atoms with van der Waals surface area (Å²) in [4.78, 5) is 48.7. The Bertz CT molecular complexity index is 529. The first-order valence-electron chi connectivity index (χ1n) is 7.46. The van der Waals surface area contributed by atoms with E-state index in [4.69, 9.17) is 10.2 Å². The molecule has 0 bridgehead atoms. The van der Waals surface area contributed by atoms with Gasteiger partial charge < -0.3 is 10.2 Å². The zero-order valence-corrected chi connectivity index (χ0v) is 13.2. The van der Waals surface area contributed by atoms with Crippen LogP contribution in [-0.4, -0.2) is 47.4 Å². The average Bonchev–Trinajstić information content (AvgIpc) is 2.51. The van der Waals surface area contributed by atoms with E-state index in [2.05, 4.69) is 9.98 Å². The van der Waals surface area contributed by atoms with Gasteiger partial charge in [0.1, 0.15) is 0 Å². The standard InChI is InChI=1S/C16H20N2O6/c19-11-17-7-3-1-5-13(9-15(21)22)14(10-16(23)24)6-2-4-8-18-12-20/h9-10H,1-8H2,(H,21,22)(H,23,24). The van der Waals surface area contributed by atoms with Gasteiger partial charge in [0.2, 0.25) is 12.2 Å². The fourth-order valence-electron chi connectivity index (χ4n) is 2.05. The minimum absolute atomic E-state index is 0.297. The van der Waals surface area contributed by atoms with Gasteiger partial charge in [0.15, 0.2) is 0 Å². The van der Waals surface area contributed by atoms with Gasteiger partial charge in [0.05, 0.1) is 13.1 Å². The molecule has 0 heterocycles. The molecule has 0 fully saturated rings. The molecule has 0 aliphatic carbocycles. The molecule has 24 heavy (non-hydrogen) atoms. The lowest BCUT2D eigenvalue weighted by atomic mass is 9.95. The fourth-order valence-corrected chi connectivity index (χ4v) is 2.05. The monoisotopic (exact) mass is 336 g/mol. The zero-order chi connectivity index (χ0) is 18.2. The largest absolute Gasteiger partial charge is 0.478 e. The normalized spacial score (nSPS) is 11.3. The summed E-state index contributed by atoms with van der Waals surface area (Å²) in [5.74, 6) is -2.31. The molecule has 0 spiro atoms. The molecule has 0 rings (SSSR count). The van der Waals surface area contributed by atoms with Crippen molar-refractivity contribution < 1.29 is 29.4 Å². The summed E-state index contributed by atoms with van der Waals surface area (Å²) in [5.41, 5.74) is 0.859. The van der Waals surface area contributed by atoms with Crippen LogP contribution in [-0.2, 0) is 19.2 Å². The number of carbonyl (C=O) groups is 2. The minimum atomic E-state index is -1.15. The lowest BCUT2D eigenvalue weighted by molar-refractivity contribution is -0.132. The maximum atomic E-state index is 11.0. The van der Waals surface area contributed by atoms with Crippen LogP contribution in [0.5, 0.6) is 0 Å². The van der Waals surface area contributed by atoms with Crippen molar-refractivity contribution in [1.29, 1.82) is 0 Å². The van der Waals surface area contributed by atoms with E-state index < -0.39 is 11.9 Å².